The molecule has 3 rings (SSSR count). The topological polar surface area (TPSA) is 46.6 Å². The smallest absolute Gasteiger partial charge is 0.329 e. The molecule has 1 saturated heterocycles. The van der Waals surface area contributed by atoms with E-state index >= 15 is 0 Å². The summed E-state index contributed by atoms with van der Waals surface area (Å²) in [6, 6.07) is 6.43. The lowest BCUT2D eigenvalue weighted by atomic mass is 10.2. The van der Waals surface area contributed by atoms with Crippen LogP contribution in [0.1, 0.15) is 27.4 Å². The van der Waals surface area contributed by atoms with Gasteiger partial charge in [-0.3, -0.25) is 4.79 Å². The second kappa shape index (κ2) is 7.21. The van der Waals surface area contributed by atoms with Crippen LogP contribution in [-0.2, 0) is 16.1 Å². The highest BCUT2D eigenvalue weighted by atomic mass is 35.5. The van der Waals surface area contributed by atoms with Crippen LogP contribution in [0.5, 0.6) is 0 Å². The summed E-state index contributed by atoms with van der Waals surface area (Å²) in [6.07, 6.45) is 1.41. The number of ether oxygens (including phenoxy) is 1. The lowest BCUT2D eigenvalue weighted by Gasteiger charge is -2.22. The average molecular weight is 390 g/mol. The third kappa shape index (κ3) is 3.88. The van der Waals surface area contributed by atoms with Crippen molar-refractivity contribution in [2.75, 3.05) is 6.54 Å². The van der Waals surface area contributed by atoms with Crippen LogP contribution in [0.25, 0.3) is 0 Å². The third-order valence-corrected chi connectivity index (χ3v) is 5.98. The molecule has 1 aliphatic rings. The standard InChI is InChI=1S/C15H13Cl2NO3S2/c16-12-5-3-9(22-12)8-21-15(20)10-2-1-7-18(10)14(19)11-4-6-13(17)23-11/h3-6,10H,1-2,7-8H2. The molecule has 2 aromatic rings. The molecular weight excluding hydrogens is 377 g/mol. The quantitative estimate of drug-likeness (QED) is 0.724. The summed E-state index contributed by atoms with van der Waals surface area (Å²) in [5, 5.41) is 0. The van der Waals surface area contributed by atoms with E-state index in [2.05, 4.69) is 0 Å². The summed E-state index contributed by atoms with van der Waals surface area (Å²) in [7, 11) is 0. The van der Waals surface area contributed by atoms with E-state index in [1.807, 2.05) is 6.07 Å². The van der Waals surface area contributed by atoms with E-state index in [0.29, 0.717) is 26.5 Å². The molecule has 2 aromatic heterocycles. The first-order chi connectivity index (χ1) is 11.0. The Morgan fingerprint density at radius 1 is 1.17 bits per heavy atom. The van der Waals surface area contributed by atoms with E-state index in [1.54, 1.807) is 23.1 Å². The van der Waals surface area contributed by atoms with Gasteiger partial charge in [0.2, 0.25) is 0 Å². The number of carbonyl (C=O) groups excluding carboxylic acids is 2. The molecule has 0 saturated carbocycles. The van der Waals surface area contributed by atoms with Gasteiger partial charge in [0.25, 0.3) is 5.91 Å². The average Bonchev–Trinajstić information content (AvgIpc) is 3.24. The molecule has 0 radical (unpaired) electrons. The van der Waals surface area contributed by atoms with Crippen LogP contribution in [0.2, 0.25) is 8.67 Å². The zero-order chi connectivity index (χ0) is 16.4. The summed E-state index contributed by atoms with van der Waals surface area (Å²) in [5.74, 6) is -0.538. The molecule has 0 aromatic carbocycles. The highest BCUT2D eigenvalue weighted by molar-refractivity contribution is 7.18. The number of thiophene rings is 2. The minimum atomic E-state index is -0.529. The zero-order valence-electron chi connectivity index (χ0n) is 12.0. The predicted octanol–water partition coefficient (Wildman–Crippen LogP) is 4.46. The number of rotatable bonds is 4. The molecule has 0 spiro atoms. The minimum Gasteiger partial charge on any atom is -0.458 e. The SMILES string of the molecule is O=C(OCc1ccc(Cl)s1)C1CCCN1C(=O)c1ccc(Cl)s1. The van der Waals surface area contributed by atoms with Crippen LogP contribution in [0.4, 0.5) is 0 Å². The molecule has 1 aliphatic heterocycles. The van der Waals surface area contributed by atoms with Crippen LogP contribution >= 0.6 is 45.9 Å². The second-order valence-corrected chi connectivity index (χ2v) is 8.59. The van der Waals surface area contributed by atoms with Gasteiger partial charge in [0.1, 0.15) is 12.6 Å². The number of likely N-dealkylation sites (tertiary alicyclic amines) is 1. The molecule has 8 heteroatoms. The maximum atomic E-state index is 12.5. The zero-order valence-corrected chi connectivity index (χ0v) is 15.1. The molecular formula is C15H13Cl2NO3S2. The van der Waals surface area contributed by atoms with Gasteiger partial charge in [0, 0.05) is 11.4 Å². The van der Waals surface area contributed by atoms with Crippen molar-refractivity contribution in [3.63, 3.8) is 0 Å². The summed E-state index contributed by atoms with van der Waals surface area (Å²) < 4.78 is 6.56. The number of amides is 1. The highest BCUT2D eigenvalue weighted by Crippen LogP contribution is 2.27. The van der Waals surface area contributed by atoms with E-state index in [1.165, 1.54) is 22.7 Å². The Kier molecular flexibility index (Phi) is 5.26. The van der Waals surface area contributed by atoms with Crippen molar-refractivity contribution in [3.8, 4) is 0 Å². The van der Waals surface area contributed by atoms with Crippen molar-refractivity contribution in [1.29, 1.82) is 0 Å². The molecule has 23 heavy (non-hydrogen) atoms. The lowest BCUT2D eigenvalue weighted by molar-refractivity contribution is -0.149. The Labute approximate surface area is 151 Å². The fraction of sp³-hybridized carbons (Fsp3) is 0.333. The highest BCUT2D eigenvalue weighted by Gasteiger charge is 2.36. The van der Waals surface area contributed by atoms with Crippen molar-refractivity contribution >= 4 is 57.8 Å². The van der Waals surface area contributed by atoms with Crippen molar-refractivity contribution in [2.24, 2.45) is 0 Å². The van der Waals surface area contributed by atoms with E-state index in [-0.39, 0.29) is 18.5 Å². The Bertz CT molecular complexity index is 728. The molecule has 1 fully saturated rings. The van der Waals surface area contributed by atoms with Crippen LogP contribution in [0, 0.1) is 0 Å². The molecule has 1 unspecified atom stereocenters. The van der Waals surface area contributed by atoms with Gasteiger partial charge in [-0.15, -0.1) is 22.7 Å². The van der Waals surface area contributed by atoms with Crippen molar-refractivity contribution in [3.05, 3.63) is 42.7 Å². The maximum Gasteiger partial charge on any atom is 0.329 e. The number of carbonyl (C=O) groups is 2. The molecule has 122 valence electrons. The molecule has 1 amide bonds. The van der Waals surface area contributed by atoms with Crippen LogP contribution in [-0.4, -0.2) is 29.4 Å². The Balaban J connectivity index is 1.63. The van der Waals surface area contributed by atoms with Crippen molar-refractivity contribution in [2.45, 2.75) is 25.5 Å². The molecule has 0 aliphatic carbocycles. The fourth-order valence-electron chi connectivity index (χ4n) is 2.49. The van der Waals surface area contributed by atoms with Gasteiger partial charge in [-0.25, -0.2) is 4.79 Å². The number of hydrogen-bond acceptors (Lipinski definition) is 5. The molecule has 1 atom stereocenters. The minimum absolute atomic E-state index is 0.166. The number of nitrogens with zero attached hydrogens (tertiary/aromatic N) is 1. The monoisotopic (exact) mass is 389 g/mol. The van der Waals surface area contributed by atoms with Gasteiger partial charge >= 0.3 is 5.97 Å². The van der Waals surface area contributed by atoms with Gasteiger partial charge < -0.3 is 9.64 Å². The van der Waals surface area contributed by atoms with E-state index < -0.39 is 6.04 Å². The van der Waals surface area contributed by atoms with E-state index in [4.69, 9.17) is 27.9 Å². The Morgan fingerprint density at radius 2 is 1.91 bits per heavy atom. The summed E-state index contributed by atoms with van der Waals surface area (Å²) in [4.78, 5) is 27.8. The largest absolute Gasteiger partial charge is 0.458 e. The molecule has 4 nitrogen and oxygen atoms in total. The lowest BCUT2D eigenvalue weighted by Crippen LogP contribution is -2.41. The predicted molar refractivity (Wildman–Crippen MR) is 92.5 cm³/mol. The van der Waals surface area contributed by atoms with Gasteiger partial charge in [0.15, 0.2) is 0 Å². The van der Waals surface area contributed by atoms with E-state index in [9.17, 15) is 9.59 Å². The second-order valence-electron chi connectivity index (χ2n) is 5.07. The summed E-state index contributed by atoms with van der Waals surface area (Å²) in [6.45, 7) is 0.735. The van der Waals surface area contributed by atoms with Crippen LogP contribution < -0.4 is 0 Å². The maximum absolute atomic E-state index is 12.5. The molecule has 3 heterocycles. The van der Waals surface area contributed by atoms with Crippen molar-refractivity contribution < 1.29 is 14.3 Å². The van der Waals surface area contributed by atoms with E-state index in [0.717, 1.165) is 11.3 Å². The first kappa shape index (κ1) is 16.8. The first-order valence-electron chi connectivity index (χ1n) is 7.02. The summed E-state index contributed by atoms with van der Waals surface area (Å²) >= 11 is 14.3. The van der Waals surface area contributed by atoms with Gasteiger partial charge in [0.05, 0.1) is 13.5 Å². The fourth-order valence-corrected chi connectivity index (χ4v) is 4.49. The van der Waals surface area contributed by atoms with Crippen LogP contribution in [0.15, 0.2) is 24.3 Å². The third-order valence-electron chi connectivity index (χ3n) is 3.56. The van der Waals surface area contributed by atoms with Crippen molar-refractivity contribution in [1.82, 2.24) is 4.90 Å². The van der Waals surface area contributed by atoms with Gasteiger partial charge in [-0.1, -0.05) is 23.2 Å². The molecule has 0 bridgehead atoms. The molecule has 0 N–H and O–H groups in total. The number of hydrogen-bond donors (Lipinski definition) is 0. The summed E-state index contributed by atoms with van der Waals surface area (Å²) in [5.41, 5.74) is 0. The van der Waals surface area contributed by atoms with Gasteiger partial charge in [-0.2, -0.15) is 0 Å². The van der Waals surface area contributed by atoms with Crippen LogP contribution in [0.3, 0.4) is 0 Å². The Morgan fingerprint density at radius 3 is 2.57 bits per heavy atom. The first-order valence-corrected chi connectivity index (χ1v) is 9.40. The Hall–Kier alpha value is -1.08. The number of halogens is 2. The normalized spacial score (nSPS) is 17.5. The van der Waals surface area contributed by atoms with Gasteiger partial charge in [-0.05, 0) is 37.1 Å². The number of esters is 1.